The second-order valence-corrected chi connectivity index (χ2v) is 15.3. The topological polar surface area (TPSA) is 120 Å². The lowest BCUT2D eigenvalue weighted by Crippen LogP contribution is -2.67. The van der Waals surface area contributed by atoms with E-state index in [9.17, 15) is 25.2 Å². The molecule has 6 aliphatic carbocycles. The van der Waals surface area contributed by atoms with Crippen LogP contribution in [0.15, 0.2) is 48.1 Å². The summed E-state index contributed by atoms with van der Waals surface area (Å²) in [7, 11) is 3.29. The molecule has 3 saturated carbocycles. The zero-order chi connectivity index (χ0) is 32.3. The zero-order valence-corrected chi connectivity index (χ0v) is 27.5. The lowest BCUT2D eigenvalue weighted by molar-refractivity contribution is -0.177. The van der Waals surface area contributed by atoms with Gasteiger partial charge in [-0.15, -0.1) is 0 Å². The first-order valence-corrected chi connectivity index (χ1v) is 16.9. The number of carbonyl (C=O) groups excluding carboxylic acids is 1. The number of Topliss-reactive ketones (excluding diaryl/α,β-unsaturated/α-hetero) is 1. The predicted molar refractivity (Wildman–Crippen MR) is 172 cm³/mol. The zero-order valence-electron chi connectivity index (χ0n) is 27.5. The first-order valence-electron chi connectivity index (χ1n) is 16.9. The molecular formula is C37H53NO7. The van der Waals surface area contributed by atoms with Gasteiger partial charge in [-0.2, -0.15) is 0 Å². The number of rotatable bonds is 12. The van der Waals surface area contributed by atoms with Gasteiger partial charge in [-0.25, -0.2) is 0 Å². The smallest absolute Gasteiger partial charge is 0.189 e. The van der Waals surface area contributed by atoms with Crippen LogP contribution in [0.1, 0.15) is 75.6 Å². The minimum Gasteiger partial charge on any atom is -0.497 e. The molecule has 8 heteroatoms. The van der Waals surface area contributed by atoms with E-state index in [2.05, 4.69) is 37.0 Å². The maximum atomic E-state index is 14.7. The van der Waals surface area contributed by atoms with Gasteiger partial charge >= 0.3 is 0 Å². The van der Waals surface area contributed by atoms with E-state index in [1.807, 2.05) is 24.3 Å². The predicted octanol–water partition coefficient (Wildman–Crippen LogP) is 4.16. The van der Waals surface area contributed by atoms with Crippen molar-refractivity contribution >= 4 is 5.78 Å². The van der Waals surface area contributed by atoms with Crippen molar-refractivity contribution < 1.29 is 34.7 Å². The Morgan fingerprint density at radius 1 is 1.02 bits per heavy atom. The number of aliphatic hydroxyl groups excluding tert-OH is 3. The van der Waals surface area contributed by atoms with Crippen molar-refractivity contribution in [1.29, 1.82) is 0 Å². The molecule has 8 nitrogen and oxygen atoms in total. The minimum absolute atomic E-state index is 0.0282. The largest absolute Gasteiger partial charge is 0.497 e. The molecule has 45 heavy (non-hydrogen) atoms. The highest BCUT2D eigenvalue weighted by molar-refractivity contribution is 6.10. The highest BCUT2D eigenvalue weighted by Crippen LogP contribution is 2.78. The van der Waals surface area contributed by atoms with Crippen LogP contribution in [0, 0.1) is 33.5 Å². The number of hydrogen-bond donors (Lipinski definition) is 4. The van der Waals surface area contributed by atoms with Crippen molar-refractivity contribution in [2.24, 2.45) is 33.5 Å². The standard InChI is InChI=1S/C37H53NO7/c1-33-13-10-26(40)20-35(33)16-17-37(29(21-35)32(42)25-6-8-28(45-4)9-7-25)30(33)11-14-34(2)31(37)12-15-36(34,43)24-38(18-5-19-44-3)22-27(41)23-39/h6-9,16-17,21,26-27,30-31,39-41,43H,5,10-15,18-20,22-24H2,1-4H3/t26-,27?,30?,31?,33+,34-,35-,36+,37+/m0/s1. The monoisotopic (exact) mass is 623 g/mol. The van der Waals surface area contributed by atoms with Gasteiger partial charge in [-0.05, 0) is 92.9 Å². The third-order valence-corrected chi connectivity index (χ3v) is 13.3. The molecule has 0 radical (unpaired) electrons. The quantitative estimate of drug-likeness (QED) is 0.156. The minimum atomic E-state index is -1.03. The fourth-order valence-corrected chi connectivity index (χ4v) is 10.9. The molecule has 9 atom stereocenters. The lowest BCUT2D eigenvalue weighted by atomic mass is 9.32. The summed E-state index contributed by atoms with van der Waals surface area (Å²) in [4.78, 5) is 16.8. The molecule has 0 heterocycles. The van der Waals surface area contributed by atoms with Crippen LogP contribution in [0.3, 0.4) is 0 Å². The highest BCUT2D eigenvalue weighted by atomic mass is 16.5. The molecular weight excluding hydrogens is 570 g/mol. The maximum absolute atomic E-state index is 14.7. The fourth-order valence-electron chi connectivity index (χ4n) is 10.9. The van der Waals surface area contributed by atoms with Gasteiger partial charge in [0.25, 0.3) is 0 Å². The summed E-state index contributed by atoms with van der Waals surface area (Å²) in [6.07, 6.45) is 11.8. The summed E-state index contributed by atoms with van der Waals surface area (Å²) < 4.78 is 10.7. The van der Waals surface area contributed by atoms with Crippen molar-refractivity contribution in [3.8, 4) is 5.75 Å². The van der Waals surface area contributed by atoms with Gasteiger partial charge in [-0.1, -0.05) is 32.1 Å². The SMILES string of the molecule is COCCCN(CC(O)CO)C[C@]1(O)CCC2[C@]34C=C[C@@]5(C=C3C(=O)c3ccc(OC)cc3)C[C@@H](O)CC[C@]5(C)C4CC[C@@]21C. The molecule has 4 N–H and O–H groups in total. The number of aliphatic hydroxyl groups is 4. The van der Waals surface area contributed by atoms with Crippen LogP contribution in [0.4, 0.5) is 0 Å². The Labute approximate surface area is 268 Å². The number of benzene rings is 1. The van der Waals surface area contributed by atoms with Gasteiger partial charge in [0.15, 0.2) is 5.78 Å². The number of nitrogens with zero attached hydrogens (tertiary/aromatic N) is 1. The van der Waals surface area contributed by atoms with Crippen LogP contribution in [0.2, 0.25) is 0 Å². The van der Waals surface area contributed by atoms with Crippen LogP contribution in [0.5, 0.6) is 5.75 Å². The Balaban J connectivity index is 1.42. The van der Waals surface area contributed by atoms with Crippen molar-refractivity contribution in [2.75, 3.05) is 47.1 Å². The normalized spacial score (nSPS) is 40.5. The van der Waals surface area contributed by atoms with E-state index in [1.165, 1.54) is 0 Å². The maximum Gasteiger partial charge on any atom is 0.189 e. The first-order chi connectivity index (χ1) is 21.4. The van der Waals surface area contributed by atoms with Crippen LogP contribution in [-0.4, -0.2) is 96.0 Å². The molecule has 3 fully saturated rings. The highest BCUT2D eigenvalue weighted by Gasteiger charge is 2.74. The fraction of sp³-hybridized carbons (Fsp3) is 0.703. The van der Waals surface area contributed by atoms with E-state index in [-0.39, 0.29) is 41.6 Å². The summed E-state index contributed by atoms with van der Waals surface area (Å²) in [6, 6.07) is 7.38. The van der Waals surface area contributed by atoms with Gasteiger partial charge in [0.05, 0.1) is 31.5 Å². The number of hydrogen-bond acceptors (Lipinski definition) is 8. The summed E-state index contributed by atoms with van der Waals surface area (Å²) in [5, 5.41) is 43.7. The lowest BCUT2D eigenvalue weighted by Gasteiger charge is -2.71. The number of ketones is 1. The van der Waals surface area contributed by atoms with Crippen LogP contribution < -0.4 is 4.74 Å². The van der Waals surface area contributed by atoms with Crippen molar-refractivity contribution in [3.63, 3.8) is 0 Å². The van der Waals surface area contributed by atoms with E-state index >= 15 is 0 Å². The van der Waals surface area contributed by atoms with Crippen LogP contribution in [-0.2, 0) is 4.74 Å². The molecule has 2 spiro atoms. The molecule has 2 bridgehead atoms. The number of allylic oxidation sites excluding steroid dienone is 4. The van der Waals surface area contributed by atoms with Gasteiger partial charge in [-0.3, -0.25) is 9.69 Å². The Morgan fingerprint density at radius 2 is 1.71 bits per heavy atom. The van der Waals surface area contributed by atoms with Gasteiger partial charge in [0.2, 0.25) is 0 Å². The molecule has 0 aliphatic heterocycles. The van der Waals surface area contributed by atoms with Crippen molar-refractivity contribution in [1.82, 2.24) is 4.90 Å². The van der Waals surface area contributed by atoms with E-state index in [1.54, 1.807) is 14.2 Å². The molecule has 0 amide bonds. The third kappa shape index (κ3) is 4.89. The second kappa shape index (κ2) is 11.9. The molecule has 1 aromatic rings. The Bertz CT molecular complexity index is 1330. The number of ether oxygens (including phenoxy) is 2. The molecule has 6 aliphatic rings. The molecule has 1 aromatic carbocycles. The average molecular weight is 624 g/mol. The Hall–Kier alpha value is -2.07. The van der Waals surface area contributed by atoms with E-state index in [4.69, 9.17) is 9.47 Å². The summed E-state index contributed by atoms with van der Waals surface area (Å²) >= 11 is 0. The van der Waals surface area contributed by atoms with Gasteiger partial charge in [0.1, 0.15) is 5.75 Å². The van der Waals surface area contributed by atoms with Gasteiger partial charge in [0, 0.05) is 60.7 Å². The molecule has 7 rings (SSSR count). The number of fused-ring (bicyclic) bond motifs is 1. The average Bonchev–Trinajstić information content (AvgIpc) is 3.30. The van der Waals surface area contributed by atoms with Gasteiger partial charge < -0.3 is 29.9 Å². The number of methoxy groups -OCH3 is 2. The number of carbonyl (C=O) groups is 1. The molecule has 3 unspecified atom stereocenters. The van der Waals surface area contributed by atoms with Crippen molar-refractivity contribution in [2.45, 2.75) is 83.0 Å². The van der Waals surface area contributed by atoms with Crippen LogP contribution in [0.25, 0.3) is 0 Å². The van der Waals surface area contributed by atoms with E-state index in [0.717, 1.165) is 44.1 Å². The van der Waals surface area contributed by atoms with E-state index in [0.29, 0.717) is 43.9 Å². The Kier molecular flexibility index (Phi) is 8.67. The van der Waals surface area contributed by atoms with E-state index < -0.39 is 28.6 Å². The molecule has 248 valence electrons. The van der Waals surface area contributed by atoms with Crippen molar-refractivity contribution in [3.05, 3.63) is 53.6 Å². The summed E-state index contributed by atoms with van der Waals surface area (Å²) in [6.45, 7) is 6.20. The third-order valence-electron chi connectivity index (χ3n) is 13.3. The Morgan fingerprint density at radius 3 is 2.40 bits per heavy atom. The van der Waals surface area contributed by atoms with Crippen LogP contribution >= 0.6 is 0 Å². The second-order valence-electron chi connectivity index (χ2n) is 15.3. The molecule has 0 saturated heterocycles. The summed E-state index contributed by atoms with van der Waals surface area (Å²) in [5.74, 6) is 0.999. The summed E-state index contributed by atoms with van der Waals surface area (Å²) in [5.41, 5.74) is -1.04. The molecule has 0 aromatic heterocycles. The first kappa shape index (κ1) is 32.9.